The lowest BCUT2D eigenvalue weighted by atomic mass is 9.74. The van der Waals surface area contributed by atoms with Crippen LogP contribution in [0.3, 0.4) is 0 Å². The van der Waals surface area contributed by atoms with Crippen LogP contribution in [0.1, 0.15) is 34.1 Å². The van der Waals surface area contributed by atoms with Gasteiger partial charge in [-0.1, -0.05) is 19.4 Å². The van der Waals surface area contributed by atoms with Crippen LogP contribution in [-0.4, -0.2) is 17.9 Å². The molecule has 0 saturated carbocycles. The molecule has 1 aliphatic rings. The Morgan fingerprint density at radius 1 is 1.57 bits per heavy atom. The molecule has 0 spiro atoms. The molecule has 1 aliphatic carbocycles. The number of esters is 1. The van der Waals surface area contributed by atoms with Crippen molar-refractivity contribution in [3.05, 3.63) is 11.6 Å². The summed E-state index contributed by atoms with van der Waals surface area (Å²) in [6.07, 6.45) is 1.74. The lowest BCUT2D eigenvalue weighted by Crippen LogP contribution is -2.42. The molecular weight excluding hydrogens is 180 g/mol. The van der Waals surface area contributed by atoms with E-state index in [2.05, 4.69) is 0 Å². The molecule has 0 aromatic rings. The van der Waals surface area contributed by atoms with Crippen molar-refractivity contribution in [2.75, 3.05) is 0 Å². The first-order valence-corrected chi connectivity index (χ1v) is 4.71. The molecule has 0 bridgehead atoms. The van der Waals surface area contributed by atoms with Crippen molar-refractivity contribution in [2.45, 2.75) is 40.2 Å². The van der Waals surface area contributed by atoms with E-state index in [0.717, 1.165) is 12.0 Å². The van der Waals surface area contributed by atoms with Gasteiger partial charge < -0.3 is 4.74 Å². The molecule has 1 rings (SSSR count). The minimum atomic E-state index is -0.622. The van der Waals surface area contributed by atoms with Gasteiger partial charge in [-0.15, -0.1) is 0 Å². The molecule has 1 atom stereocenters. The summed E-state index contributed by atoms with van der Waals surface area (Å²) in [5.74, 6) is -0.502. The highest BCUT2D eigenvalue weighted by Crippen LogP contribution is 2.35. The van der Waals surface area contributed by atoms with E-state index in [0.29, 0.717) is 0 Å². The van der Waals surface area contributed by atoms with Gasteiger partial charge in [0.1, 0.15) is 0 Å². The van der Waals surface area contributed by atoms with Crippen LogP contribution in [0.4, 0.5) is 0 Å². The van der Waals surface area contributed by atoms with Crippen molar-refractivity contribution >= 4 is 11.8 Å². The maximum atomic E-state index is 11.6. The van der Waals surface area contributed by atoms with Gasteiger partial charge in [-0.25, -0.2) is 0 Å². The first-order valence-electron chi connectivity index (χ1n) is 4.71. The summed E-state index contributed by atoms with van der Waals surface area (Å²) < 4.78 is 5.03. The molecule has 0 heterocycles. The van der Waals surface area contributed by atoms with Crippen LogP contribution in [-0.2, 0) is 14.3 Å². The van der Waals surface area contributed by atoms with E-state index in [9.17, 15) is 9.59 Å². The van der Waals surface area contributed by atoms with Gasteiger partial charge in [0.05, 0.1) is 0 Å². The van der Waals surface area contributed by atoms with Gasteiger partial charge in [0.15, 0.2) is 11.9 Å². The van der Waals surface area contributed by atoms with E-state index in [-0.39, 0.29) is 11.2 Å². The molecule has 14 heavy (non-hydrogen) atoms. The van der Waals surface area contributed by atoms with Crippen LogP contribution in [0.5, 0.6) is 0 Å². The van der Waals surface area contributed by atoms with Gasteiger partial charge in [0, 0.05) is 12.3 Å². The van der Waals surface area contributed by atoms with E-state index in [4.69, 9.17) is 4.74 Å². The Morgan fingerprint density at radius 3 is 2.57 bits per heavy atom. The third-order valence-corrected chi connectivity index (χ3v) is 2.38. The lowest BCUT2D eigenvalue weighted by molar-refractivity contribution is -0.159. The van der Waals surface area contributed by atoms with E-state index in [1.54, 1.807) is 6.08 Å². The molecule has 0 N–H and O–H groups in total. The van der Waals surface area contributed by atoms with Crippen molar-refractivity contribution < 1.29 is 14.3 Å². The maximum Gasteiger partial charge on any atom is 0.303 e. The molecule has 0 unspecified atom stereocenters. The quantitative estimate of drug-likeness (QED) is 0.601. The highest BCUT2D eigenvalue weighted by molar-refractivity contribution is 5.96. The second kappa shape index (κ2) is 3.56. The normalized spacial score (nSPS) is 25.6. The summed E-state index contributed by atoms with van der Waals surface area (Å²) in [6.45, 7) is 7.13. The summed E-state index contributed by atoms with van der Waals surface area (Å²) in [5.41, 5.74) is 0.755. The fourth-order valence-corrected chi connectivity index (χ4v) is 1.95. The Morgan fingerprint density at radius 2 is 2.14 bits per heavy atom. The number of ketones is 1. The van der Waals surface area contributed by atoms with Gasteiger partial charge in [-0.2, -0.15) is 0 Å². The summed E-state index contributed by atoms with van der Waals surface area (Å²) in [4.78, 5) is 22.4. The third kappa shape index (κ3) is 2.22. The first-order chi connectivity index (χ1) is 6.33. The molecule has 0 aliphatic heterocycles. The first kappa shape index (κ1) is 11.0. The van der Waals surface area contributed by atoms with Crippen LogP contribution >= 0.6 is 0 Å². The molecule has 0 radical (unpaired) electrons. The standard InChI is InChI=1S/C11H16O3/c1-7-5-9(13)10(14-8(2)12)11(3,4)6-7/h5,10H,6H2,1-4H3/t10-/m1/s1. The van der Waals surface area contributed by atoms with Crippen molar-refractivity contribution in [1.82, 2.24) is 0 Å². The fourth-order valence-electron chi connectivity index (χ4n) is 1.95. The Hall–Kier alpha value is -1.12. The summed E-state index contributed by atoms with van der Waals surface area (Å²) in [7, 11) is 0. The van der Waals surface area contributed by atoms with Gasteiger partial charge in [0.25, 0.3) is 0 Å². The zero-order valence-electron chi connectivity index (χ0n) is 9.09. The predicted octanol–water partition coefficient (Wildman–Crippen LogP) is 1.86. The van der Waals surface area contributed by atoms with Crippen molar-refractivity contribution in [2.24, 2.45) is 5.41 Å². The minimum Gasteiger partial charge on any atom is -0.454 e. The van der Waals surface area contributed by atoms with Crippen LogP contribution in [0.15, 0.2) is 11.6 Å². The molecule has 78 valence electrons. The topological polar surface area (TPSA) is 43.4 Å². The van der Waals surface area contributed by atoms with Crippen molar-refractivity contribution in [3.63, 3.8) is 0 Å². The molecule has 0 aromatic carbocycles. The smallest absolute Gasteiger partial charge is 0.303 e. The molecular formula is C11H16O3. The van der Waals surface area contributed by atoms with Crippen LogP contribution < -0.4 is 0 Å². The van der Waals surface area contributed by atoms with Gasteiger partial charge >= 0.3 is 5.97 Å². The van der Waals surface area contributed by atoms with Gasteiger partial charge in [-0.05, 0) is 19.4 Å². The second-order valence-corrected chi connectivity index (χ2v) is 4.55. The summed E-state index contributed by atoms with van der Waals surface area (Å²) >= 11 is 0. The van der Waals surface area contributed by atoms with E-state index in [1.165, 1.54) is 6.92 Å². The molecule has 0 amide bonds. The van der Waals surface area contributed by atoms with Crippen LogP contribution in [0, 0.1) is 5.41 Å². The Labute approximate surface area is 84.1 Å². The molecule has 0 aromatic heterocycles. The Balaban J connectivity index is 2.92. The lowest BCUT2D eigenvalue weighted by Gasteiger charge is -2.35. The van der Waals surface area contributed by atoms with Crippen molar-refractivity contribution in [1.29, 1.82) is 0 Å². The second-order valence-electron chi connectivity index (χ2n) is 4.55. The molecule has 3 nitrogen and oxygen atoms in total. The van der Waals surface area contributed by atoms with Crippen molar-refractivity contribution in [3.8, 4) is 0 Å². The largest absolute Gasteiger partial charge is 0.454 e. The van der Waals surface area contributed by atoms with E-state index >= 15 is 0 Å². The monoisotopic (exact) mass is 196 g/mol. The Bertz CT molecular complexity index is 300. The number of carbonyl (C=O) groups excluding carboxylic acids is 2. The van der Waals surface area contributed by atoms with E-state index < -0.39 is 12.1 Å². The average Bonchev–Trinajstić information content (AvgIpc) is 1.95. The number of hydrogen-bond acceptors (Lipinski definition) is 3. The fraction of sp³-hybridized carbons (Fsp3) is 0.636. The number of hydrogen-bond donors (Lipinski definition) is 0. The minimum absolute atomic E-state index is 0.103. The maximum absolute atomic E-state index is 11.6. The van der Waals surface area contributed by atoms with Gasteiger partial charge in [-0.3, -0.25) is 9.59 Å². The zero-order chi connectivity index (χ0) is 10.9. The zero-order valence-corrected chi connectivity index (χ0v) is 9.09. The summed E-state index contributed by atoms with van der Waals surface area (Å²) in [6, 6.07) is 0. The third-order valence-electron chi connectivity index (χ3n) is 2.38. The van der Waals surface area contributed by atoms with Crippen LogP contribution in [0.2, 0.25) is 0 Å². The molecule has 3 heteroatoms. The summed E-state index contributed by atoms with van der Waals surface area (Å²) in [5, 5.41) is 0. The average molecular weight is 196 g/mol. The molecule has 0 fully saturated rings. The molecule has 0 saturated heterocycles. The SMILES string of the molecule is CC(=O)O[C@@H]1C(=O)C=C(C)CC1(C)C. The number of allylic oxidation sites excluding steroid dienone is 1. The highest BCUT2D eigenvalue weighted by Gasteiger charge is 2.39. The predicted molar refractivity (Wildman–Crippen MR) is 52.7 cm³/mol. The highest BCUT2D eigenvalue weighted by atomic mass is 16.5. The Kier molecular flexibility index (Phi) is 2.79. The van der Waals surface area contributed by atoms with Gasteiger partial charge in [0.2, 0.25) is 0 Å². The number of ether oxygens (including phenoxy) is 1. The van der Waals surface area contributed by atoms with Crippen LogP contribution in [0.25, 0.3) is 0 Å². The number of rotatable bonds is 1. The number of carbonyl (C=O) groups is 2. The van der Waals surface area contributed by atoms with E-state index in [1.807, 2.05) is 20.8 Å².